The summed E-state index contributed by atoms with van der Waals surface area (Å²) in [6.45, 7) is 3.95. The highest BCUT2D eigenvalue weighted by Crippen LogP contribution is 2.05. The minimum absolute atomic E-state index is 0.227. The fourth-order valence-corrected chi connectivity index (χ4v) is 1.76. The monoisotopic (exact) mass is 197 g/mol. The van der Waals surface area contributed by atoms with E-state index in [0.717, 1.165) is 5.57 Å². The van der Waals surface area contributed by atoms with Crippen LogP contribution in [0.5, 0.6) is 0 Å². The molecule has 1 N–H and O–H groups in total. The predicted octanol–water partition coefficient (Wildman–Crippen LogP) is 1.70. The highest BCUT2D eigenvalue weighted by atomic mass is 32.2. The Morgan fingerprint density at radius 2 is 2.23 bits per heavy atom. The Labute approximate surface area is 81.9 Å². The van der Waals surface area contributed by atoms with E-state index in [1.54, 1.807) is 0 Å². The molecule has 72 valence electrons. The van der Waals surface area contributed by atoms with Gasteiger partial charge in [-0.2, -0.15) is 0 Å². The van der Waals surface area contributed by atoms with Crippen molar-refractivity contribution in [2.45, 2.75) is 19.1 Å². The van der Waals surface area contributed by atoms with Crippen LogP contribution in [0.2, 0.25) is 0 Å². The zero-order valence-corrected chi connectivity index (χ0v) is 8.80. The van der Waals surface area contributed by atoms with E-state index in [1.165, 1.54) is 0 Å². The predicted molar refractivity (Wildman–Crippen MR) is 57.6 cm³/mol. The van der Waals surface area contributed by atoms with Gasteiger partial charge in [0.1, 0.15) is 0 Å². The van der Waals surface area contributed by atoms with Crippen molar-refractivity contribution >= 4 is 10.8 Å². The number of rotatable bonds is 3. The molecule has 0 bridgehead atoms. The average Bonchev–Trinajstić information content (AvgIpc) is 2.32. The Morgan fingerprint density at radius 3 is 2.92 bits per heavy atom. The van der Waals surface area contributed by atoms with Crippen molar-refractivity contribution in [3.8, 4) is 0 Å². The molecule has 0 unspecified atom stereocenters. The van der Waals surface area contributed by atoms with Gasteiger partial charge in [-0.25, -0.2) is 0 Å². The summed E-state index contributed by atoms with van der Waals surface area (Å²) in [4.78, 5) is 0. The summed E-state index contributed by atoms with van der Waals surface area (Å²) in [5, 5.41) is 3.23. The summed E-state index contributed by atoms with van der Waals surface area (Å²) in [5.74, 6) is 0.628. The molecule has 0 radical (unpaired) electrons. The lowest BCUT2D eigenvalue weighted by Crippen LogP contribution is -2.11. The number of nitrogens with one attached hydrogen (secondary N) is 1. The van der Waals surface area contributed by atoms with Crippen LogP contribution in [0.25, 0.3) is 0 Å². The van der Waals surface area contributed by atoms with Crippen LogP contribution in [-0.2, 0) is 10.8 Å². The molecule has 1 heterocycles. The minimum Gasteiger partial charge on any atom is -0.367 e. The highest BCUT2D eigenvalue weighted by molar-refractivity contribution is 7.85. The van der Waals surface area contributed by atoms with Crippen LogP contribution < -0.4 is 5.32 Å². The van der Waals surface area contributed by atoms with Crippen molar-refractivity contribution in [2.75, 3.05) is 5.75 Å². The molecular weight excluding hydrogens is 182 g/mol. The number of hydrogen-bond acceptors (Lipinski definition) is 2. The molecule has 0 saturated heterocycles. The van der Waals surface area contributed by atoms with E-state index in [1.807, 2.05) is 44.5 Å². The SMILES string of the molecule is CC(C)[S@](=O)CC1=CNC=CC=C1. The second-order valence-corrected chi connectivity index (χ2v) is 5.17. The van der Waals surface area contributed by atoms with Crippen LogP contribution in [0, 0.1) is 0 Å². The summed E-state index contributed by atoms with van der Waals surface area (Å²) >= 11 is 0. The van der Waals surface area contributed by atoms with Gasteiger partial charge >= 0.3 is 0 Å². The van der Waals surface area contributed by atoms with Gasteiger partial charge in [0, 0.05) is 28.4 Å². The molecule has 0 spiro atoms. The van der Waals surface area contributed by atoms with Crippen molar-refractivity contribution < 1.29 is 4.21 Å². The molecule has 3 heteroatoms. The van der Waals surface area contributed by atoms with Crippen LogP contribution in [0.3, 0.4) is 0 Å². The summed E-state index contributed by atoms with van der Waals surface area (Å²) in [7, 11) is -0.764. The summed E-state index contributed by atoms with van der Waals surface area (Å²) < 4.78 is 11.5. The van der Waals surface area contributed by atoms with Crippen LogP contribution in [0.15, 0.2) is 36.2 Å². The fourth-order valence-electron chi connectivity index (χ4n) is 0.914. The van der Waals surface area contributed by atoms with Crippen molar-refractivity contribution in [2.24, 2.45) is 0 Å². The number of hydrogen-bond donors (Lipinski definition) is 1. The summed E-state index contributed by atoms with van der Waals surface area (Å²) in [6, 6.07) is 0. The third kappa shape index (κ3) is 3.59. The molecule has 1 aliphatic heterocycles. The maximum atomic E-state index is 11.5. The normalized spacial score (nSPS) is 17.9. The molecule has 13 heavy (non-hydrogen) atoms. The molecule has 0 aromatic carbocycles. The molecule has 0 saturated carbocycles. The third-order valence-corrected chi connectivity index (χ3v) is 3.39. The highest BCUT2D eigenvalue weighted by Gasteiger charge is 2.06. The van der Waals surface area contributed by atoms with E-state index < -0.39 is 10.8 Å². The van der Waals surface area contributed by atoms with Gasteiger partial charge in [0.25, 0.3) is 0 Å². The molecule has 1 atom stereocenters. The second kappa shape index (κ2) is 5.02. The first kappa shape index (κ1) is 10.3. The van der Waals surface area contributed by atoms with Gasteiger partial charge < -0.3 is 5.32 Å². The lowest BCUT2D eigenvalue weighted by Gasteiger charge is -2.05. The van der Waals surface area contributed by atoms with Crippen LogP contribution >= 0.6 is 0 Å². The molecule has 2 nitrogen and oxygen atoms in total. The Bertz CT molecular complexity index is 277. The van der Waals surface area contributed by atoms with Crippen LogP contribution in [0.4, 0.5) is 0 Å². The van der Waals surface area contributed by atoms with Gasteiger partial charge in [0.15, 0.2) is 0 Å². The summed E-state index contributed by atoms with van der Waals surface area (Å²) in [5.41, 5.74) is 1.08. The fraction of sp³-hybridized carbons (Fsp3) is 0.400. The zero-order valence-electron chi connectivity index (χ0n) is 7.99. The van der Waals surface area contributed by atoms with Gasteiger partial charge in [-0.15, -0.1) is 0 Å². The van der Waals surface area contributed by atoms with E-state index >= 15 is 0 Å². The smallest absolute Gasteiger partial charge is 0.0502 e. The Balaban J connectivity index is 2.54. The van der Waals surface area contributed by atoms with Crippen LogP contribution in [-0.4, -0.2) is 15.2 Å². The van der Waals surface area contributed by atoms with Gasteiger partial charge in [0.2, 0.25) is 0 Å². The zero-order chi connectivity index (χ0) is 9.68. The van der Waals surface area contributed by atoms with E-state index in [2.05, 4.69) is 5.32 Å². The molecule has 0 aliphatic carbocycles. The third-order valence-electron chi connectivity index (χ3n) is 1.72. The van der Waals surface area contributed by atoms with Crippen molar-refractivity contribution in [1.29, 1.82) is 0 Å². The van der Waals surface area contributed by atoms with Crippen LogP contribution in [0.1, 0.15) is 13.8 Å². The second-order valence-electron chi connectivity index (χ2n) is 3.18. The molecule has 0 fully saturated rings. The Morgan fingerprint density at radius 1 is 1.46 bits per heavy atom. The van der Waals surface area contributed by atoms with Gasteiger partial charge in [0.05, 0.1) is 5.75 Å². The molecule has 0 amide bonds. The van der Waals surface area contributed by atoms with E-state index in [-0.39, 0.29) is 5.25 Å². The molecular formula is C10H15NOS. The topological polar surface area (TPSA) is 29.1 Å². The summed E-state index contributed by atoms with van der Waals surface area (Å²) in [6.07, 6.45) is 9.59. The number of allylic oxidation sites excluding steroid dienone is 3. The van der Waals surface area contributed by atoms with Crippen molar-refractivity contribution in [3.05, 3.63) is 36.2 Å². The first-order chi connectivity index (χ1) is 6.20. The van der Waals surface area contributed by atoms with Gasteiger partial charge in [-0.1, -0.05) is 26.0 Å². The molecule has 0 aromatic rings. The van der Waals surface area contributed by atoms with Crippen molar-refractivity contribution in [3.63, 3.8) is 0 Å². The minimum atomic E-state index is -0.764. The van der Waals surface area contributed by atoms with E-state index in [4.69, 9.17) is 0 Å². The molecule has 0 aromatic heterocycles. The first-order valence-corrected chi connectivity index (χ1v) is 5.74. The Kier molecular flexibility index (Phi) is 3.96. The standard InChI is InChI=1S/C10H15NOS/c1-9(2)13(12)8-10-5-3-4-6-11-7-10/h3-7,9,11H,8H2,1-2H3/t13-/m1/s1. The molecule has 1 aliphatic rings. The lowest BCUT2D eigenvalue weighted by molar-refractivity contribution is 0.678. The average molecular weight is 197 g/mol. The van der Waals surface area contributed by atoms with Gasteiger partial charge in [-0.3, -0.25) is 4.21 Å². The first-order valence-electron chi connectivity index (χ1n) is 4.35. The van der Waals surface area contributed by atoms with Gasteiger partial charge in [-0.05, 0) is 11.6 Å². The maximum Gasteiger partial charge on any atom is 0.0502 e. The molecule has 1 rings (SSSR count). The van der Waals surface area contributed by atoms with Crippen molar-refractivity contribution in [1.82, 2.24) is 5.32 Å². The lowest BCUT2D eigenvalue weighted by atomic mass is 10.3. The van der Waals surface area contributed by atoms with E-state index in [9.17, 15) is 4.21 Å². The largest absolute Gasteiger partial charge is 0.367 e. The van der Waals surface area contributed by atoms with E-state index in [0.29, 0.717) is 5.75 Å². The Hall–Kier alpha value is -0.830. The maximum absolute atomic E-state index is 11.5. The quantitative estimate of drug-likeness (QED) is 0.746.